The zero-order valence-corrected chi connectivity index (χ0v) is 8.85. The maximum Gasteiger partial charge on any atom is 0.203 e. The molecule has 0 aromatic carbocycles. The van der Waals surface area contributed by atoms with Gasteiger partial charge in [-0.2, -0.15) is 0 Å². The number of hydrogen-bond acceptors (Lipinski definition) is 2. The highest BCUT2D eigenvalue weighted by molar-refractivity contribution is 7.69. The van der Waals surface area contributed by atoms with Gasteiger partial charge in [-0.3, -0.25) is 0 Å². The number of thiol groups is 1. The first-order valence-corrected chi connectivity index (χ1v) is 5.74. The van der Waals surface area contributed by atoms with Gasteiger partial charge in [0.25, 0.3) is 0 Å². The van der Waals surface area contributed by atoms with E-state index in [1.165, 1.54) is 0 Å². The number of unbranched alkanes of at least 4 members (excludes halogenated alkanes) is 2. The van der Waals surface area contributed by atoms with Crippen LogP contribution < -0.4 is 0 Å². The topological polar surface area (TPSA) is 37.4 Å². The molecule has 0 aliphatic carbocycles. The van der Waals surface area contributed by atoms with E-state index in [1.54, 1.807) is 4.31 Å². The van der Waals surface area contributed by atoms with Crippen LogP contribution in [0.25, 0.3) is 0 Å². The molecule has 0 radical (unpaired) electrons. The van der Waals surface area contributed by atoms with Crippen molar-refractivity contribution in [3.8, 4) is 0 Å². The van der Waals surface area contributed by atoms with E-state index in [1.807, 2.05) is 0 Å². The minimum atomic E-state index is -2.35. The first-order valence-electron chi connectivity index (χ1n) is 4.61. The quantitative estimate of drug-likeness (QED) is 0.621. The Hall–Kier alpha value is -0.0900. The second-order valence-electron chi connectivity index (χ2n) is 2.90. The predicted octanol–water partition coefficient (Wildman–Crippen LogP) is 1.42. The third-order valence-electron chi connectivity index (χ3n) is 1.77. The van der Waals surface area contributed by atoms with Crippen molar-refractivity contribution in [2.75, 3.05) is 13.1 Å². The van der Waals surface area contributed by atoms with Crippen LogP contribution in [0.5, 0.6) is 0 Å². The zero-order chi connectivity index (χ0) is 9.40. The van der Waals surface area contributed by atoms with Crippen molar-refractivity contribution in [3.05, 3.63) is 0 Å². The molecule has 0 amide bonds. The van der Waals surface area contributed by atoms with Crippen molar-refractivity contribution in [1.82, 2.24) is 4.31 Å². The van der Waals surface area contributed by atoms with E-state index in [0.29, 0.717) is 13.1 Å². The van der Waals surface area contributed by atoms with Crippen molar-refractivity contribution in [3.63, 3.8) is 0 Å². The maximum atomic E-state index is 10.7. The second kappa shape index (κ2) is 7.55. The van der Waals surface area contributed by atoms with E-state index in [2.05, 4.69) is 13.8 Å². The third-order valence-corrected chi connectivity index (χ3v) is 2.63. The number of hydrogen-bond donors (Lipinski definition) is 1. The molecule has 74 valence electrons. The lowest BCUT2D eigenvalue weighted by atomic mass is 10.3. The highest BCUT2D eigenvalue weighted by Gasteiger charge is 2.04. The monoisotopic (exact) mass is 193 g/mol. The molecule has 4 heteroatoms. The molecule has 0 aliphatic rings. The summed E-state index contributed by atoms with van der Waals surface area (Å²) < 4.78 is 22.9. The molecule has 0 aromatic heterocycles. The zero-order valence-electron chi connectivity index (χ0n) is 7.95. The Morgan fingerprint density at radius 3 is 1.67 bits per heavy atom. The fourth-order valence-electron chi connectivity index (χ4n) is 0.956. The summed E-state index contributed by atoms with van der Waals surface area (Å²) in [5.41, 5.74) is 0. The van der Waals surface area contributed by atoms with Crippen LogP contribution in [0, 0.1) is 0 Å². The van der Waals surface area contributed by atoms with Gasteiger partial charge in [-0.25, -0.2) is 12.7 Å². The molecule has 0 fully saturated rings. The van der Waals surface area contributed by atoms with E-state index in [4.69, 9.17) is 0 Å². The summed E-state index contributed by atoms with van der Waals surface area (Å²) in [6, 6.07) is 0. The molecule has 0 rings (SSSR count). The van der Waals surface area contributed by atoms with Gasteiger partial charge in [-0.15, -0.1) is 0 Å². The van der Waals surface area contributed by atoms with Gasteiger partial charge in [0, 0.05) is 13.1 Å². The van der Waals surface area contributed by atoms with E-state index in [-0.39, 0.29) is 0 Å². The average Bonchev–Trinajstić information content (AvgIpc) is 2.04. The molecule has 0 bridgehead atoms. The lowest BCUT2D eigenvalue weighted by molar-refractivity contribution is 0.408. The van der Waals surface area contributed by atoms with Crippen molar-refractivity contribution >= 4 is 10.9 Å². The molecule has 0 saturated heterocycles. The Morgan fingerprint density at radius 2 is 1.42 bits per heavy atom. The van der Waals surface area contributed by atoms with E-state index in [0.717, 1.165) is 25.7 Å². The molecule has 0 spiro atoms. The van der Waals surface area contributed by atoms with Crippen molar-refractivity contribution in [2.24, 2.45) is 0 Å². The van der Waals surface area contributed by atoms with Gasteiger partial charge in [0.05, 0.1) is 0 Å². The Morgan fingerprint density at radius 1 is 1.00 bits per heavy atom. The van der Waals surface area contributed by atoms with Crippen LogP contribution in [0.4, 0.5) is 0 Å². The molecule has 0 N–H and O–H groups in total. The minimum absolute atomic E-state index is 0.690. The molecule has 0 saturated carbocycles. The van der Waals surface area contributed by atoms with Crippen molar-refractivity contribution < 1.29 is 8.42 Å². The van der Waals surface area contributed by atoms with Gasteiger partial charge in [0.15, 0.2) is 0 Å². The fourth-order valence-corrected chi connectivity index (χ4v) is 1.57. The van der Waals surface area contributed by atoms with Crippen LogP contribution in [0.1, 0.15) is 39.5 Å². The molecule has 0 aromatic rings. The molecule has 0 unspecified atom stereocenters. The van der Waals surface area contributed by atoms with Gasteiger partial charge in [0.1, 0.15) is 0 Å². The first-order chi connectivity index (χ1) is 5.72. The Labute approximate surface area is 76.8 Å². The smallest absolute Gasteiger partial charge is 0.203 e. The largest absolute Gasteiger partial charge is 0.215 e. The summed E-state index contributed by atoms with van der Waals surface area (Å²) in [5.74, 6) is 0. The van der Waals surface area contributed by atoms with Crippen LogP contribution in [0.2, 0.25) is 0 Å². The van der Waals surface area contributed by atoms with Gasteiger partial charge in [-0.05, 0) is 12.8 Å². The second-order valence-corrected chi connectivity index (χ2v) is 3.94. The first kappa shape index (κ1) is 11.9. The summed E-state index contributed by atoms with van der Waals surface area (Å²) >= 11 is 0. The summed E-state index contributed by atoms with van der Waals surface area (Å²) in [7, 11) is -2.35. The lowest BCUT2D eigenvalue weighted by Crippen LogP contribution is -2.24. The van der Waals surface area contributed by atoms with Gasteiger partial charge in [-0.1, -0.05) is 26.7 Å². The molecular weight excluding hydrogens is 174 g/mol. The third kappa shape index (κ3) is 5.55. The average molecular weight is 193 g/mol. The SMILES string of the molecule is CCCCN(CCCC)[SH](=O)=O. The predicted molar refractivity (Wildman–Crippen MR) is 51.7 cm³/mol. The van der Waals surface area contributed by atoms with Crippen LogP contribution in [0.15, 0.2) is 0 Å². The Kier molecular flexibility index (Phi) is 7.50. The van der Waals surface area contributed by atoms with Crippen LogP contribution in [0.3, 0.4) is 0 Å². The Balaban J connectivity index is 3.70. The molecule has 0 atom stereocenters. The minimum Gasteiger partial charge on any atom is -0.215 e. The van der Waals surface area contributed by atoms with Gasteiger partial charge >= 0.3 is 0 Å². The van der Waals surface area contributed by atoms with Crippen LogP contribution in [-0.2, 0) is 10.9 Å². The van der Waals surface area contributed by atoms with Crippen LogP contribution in [-0.4, -0.2) is 25.8 Å². The molecular formula is C8H19NO2S. The fraction of sp³-hybridized carbons (Fsp3) is 1.00. The summed E-state index contributed by atoms with van der Waals surface area (Å²) in [5, 5.41) is 0. The standard InChI is InChI=1S/C8H19NO2S/c1-3-5-7-9(12(10)11)8-6-4-2/h12H,3-8H2,1-2H3. The maximum absolute atomic E-state index is 10.7. The number of nitrogens with zero attached hydrogens (tertiary/aromatic N) is 1. The van der Waals surface area contributed by atoms with Crippen molar-refractivity contribution in [1.29, 1.82) is 0 Å². The van der Waals surface area contributed by atoms with E-state index < -0.39 is 10.9 Å². The van der Waals surface area contributed by atoms with E-state index in [9.17, 15) is 8.42 Å². The van der Waals surface area contributed by atoms with E-state index >= 15 is 0 Å². The highest BCUT2D eigenvalue weighted by Crippen LogP contribution is 1.98. The van der Waals surface area contributed by atoms with Gasteiger partial charge in [0.2, 0.25) is 10.9 Å². The highest BCUT2D eigenvalue weighted by atomic mass is 32.2. The molecule has 12 heavy (non-hydrogen) atoms. The lowest BCUT2D eigenvalue weighted by Gasteiger charge is -2.13. The van der Waals surface area contributed by atoms with Crippen molar-refractivity contribution in [2.45, 2.75) is 39.5 Å². The Bertz CT molecular complexity index is 152. The summed E-state index contributed by atoms with van der Waals surface area (Å²) in [6.07, 6.45) is 4.03. The van der Waals surface area contributed by atoms with Gasteiger partial charge < -0.3 is 0 Å². The molecule has 0 aliphatic heterocycles. The number of rotatable bonds is 7. The summed E-state index contributed by atoms with van der Waals surface area (Å²) in [4.78, 5) is 0. The molecule has 0 heterocycles. The van der Waals surface area contributed by atoms with Crippen LogP contribution >= 0.6 is 0 Å². The molecule has 3 nitrogen and oxygen atoms in total. The normalized spacial score (nSPS) is 11.3. The summed E-state index contributed by atoms with van der Waals surface area (Å²) in [6.45, 7) is 5.51.